The average molecular weight is 647 g/mol. The smallest absolute Gasteiger partial charge is 0.294 e. The van der Waals surface area contributed by atoms with Gasteiger partial charge < -0.3 is 0 Å². The Bertz CT molecular complexity index is 2190. The molecule has 0 unspecified atom stereocenters. The Labute approximate surface area is 258 Å². The zero-order valence-corrected chi connectivity index (χ0v) is 25.5. The van der Waals surface area contributed by atoms with Gasteiger partial charge in [-0.15, -0.1) is 0 Å². The molecule has 0 radical (unpaired) electrons. The van der Waals surface area contributed by atoms with Crippen molar-refractivity contribution in [3.8, 4) is 5.69 Å². The van der Waals surface area contributed by atoms with E-state index in [0.29, 0.717) is 39.5 Å². The third-order valence-electron chi connectivity index (χ3n) is 6.92. The predicted octanol–water partition coefficient (Wildman–Crippen LogP) is 4.41. The van der Waals surface area contributed by atoms with Crippen molar-refractivity contribution >= 4 is 49.2 Å². The highest BCUT2D eigenvalue weighted by atomic mass is 32.2. The lowest BCUT2D eigenvalue weighted by atomic mass is 10.0. The van der Waals surface area contributed by atoms with Gasteiger partial charge in [-0.25, -0.2) is 4.68 Å². The predicted molar refractivity (Wildman–Crippen MR) is 169 cm³/mol. The summed E-state index contributed by atoms with van der Waals surface area (Å²) in [5.74, 6) is -0.441. The number of benzene rings is 3. The van der Waals surface area contributed by atoms with Crippen LogP contribution >= 0.6 is 0 Å². The van der Waals surface area contributed by atoms with Crippen LogP contribution in [0.25, 0.3) is 17.3 Å². The quantitative estimate of drug-likeness (QED) is 0.143. The van der Waals surface area contributed by atoms with Crippen LogP contribution < -0.4 is 10.6 Å². The fourth-order valence-electron chi connectivity index (χ4n) is 4.57. The standard InChI is InChI=1S/C31H26N4O8S2/c1-20-28(30(36)34(32-20)24-10-14-26(15-11-24)44(38,39)40)18-8-23(22-6-4-3-5-7-22)9-19-29-21(2)33-35(31(29)37)25-12-16-27(17-13-25)45(41,42)43/h3-19,32H,1-2H3,(H,38,39,40)(H,41,42,43)/b18-8+,23-9-,29-19+. The number of hydrogen-bond acceptors (Lipinski definition) is 7. The molecular weight excluding hydrogens is 620 g/mol. The van der Waals surface area contributed by atoms with Gasteiger partial charge in [-0.2, -0.15) is 26.9 Å². The minimum absolute atomic E-state index is 0.296. The largest absolute Gasteiger partial charge is 0.295 e. The molecule has 2 heterocycles. The summed E-state index contributed by atoms with van der Waals surface area (Å²) in [7, 11) is -8.77. The number of anilines is 1. The van der Waals surface area contributed by atoms with Crippen LogP contribution in [0.1, 0.15) is 23.7 Å². The Hall–Kier alpha value is -5.15. The summed E-state index contributed by atoms with van der Waals surface area (Å²) in [6, 6.07) is 19.5. The van der Waals surface area contributed by atoms with Gasteiger partial charge in [0.15, 0.2) is 0 Å². The highest BCUT2D eigenvalue weighted by Gasteiger charge is 2.28. The number of aryl methyl sites for hydroxylation is 1. The van der Waals surface area contributed by atoms with E-state index < -0.39 is 31.7 Å². The number of carbonyl (C=O) groups excluding carboxylic acids is 1. The maximum absolute atomic E-state index is 13.3. The summed E-state index contributed by atoms with van der Waals surface area (Å²) in [6.07, 6.45) is 6.69. The summed E-state index contributed by atoms with van der Waals surface area (Å²) >= 11 is 0. The van der Waals surface area contributed by atoms with Gasteiger partial charge in [-0.3, -0.25) is 23.8 Å². The number of nitrogens with zero attached hydrogens (tertiary/aromatic N) is 3. The number of amides is 1. The highest BCUT2D eigenvalue weighted by Crippen LogP contribution is 2.26. The van der Waals surface area contributed by atoms with Crippen LogP contribution in [0.5, 0.6) is 0 Å². The zero-order valence-electron chi connectivity index (χ0n) is 23.8. The molecule has 0 saturated carbocycles. The van der Waals surface area contributed by atoms with E-state index in [4.69, 9.17) is 0 Å². The second-order valence-corrected chi connectivity index (χ2v) is 12.8. The highest BCUT2D eigenvalue weighted by molar-refractivity contribution is 7.86. The van der Waals surface area contributed by atoms with E-state index in [1.165, 1.54) is 53.2 Å². The molecule has 1 aliphatic heterocycles. The van der Waals surface area contributed by atoms with Crippen LogP contribution in [0.15, 0.2) is 122 Å². The summed E-state index contributed by atoms with van der Waals surface area (Å²) in [5.41, 5.74) is 3.38. The van der Waals surface area contributed by atoms with Crippen molar-refractivity contribution in [1.82, 2.24) is 9.78 Å². The first-order valence-corrected chi connectivity index (χ1v) is 16.1. The molecule has 12 nitrogen and oxygen atoms in total. The van der Waals surface area contributed by atoms with Crippen LogP contribution in [0.4, 0.5) is 5.69 Å². The van der Waals surface area contributed by atoms with E-state index >= 15 is 0 Å². The number of aromatic nitrogens is 2. The molecule has 5 rings (SSSR count). The molecule has 0 atom stereocenters. The number of carbonyl (C=O) groups is 1. The Balaban J connectivity index is 1.47. The molecule has 230 valence electrons. The van der Waals surface area contributed by atoms with Crippen molar-refractivity contribution in [1.29, 1.82) is 0 Å². The normalized spacial score (nSPS) is 15.3. The van der Waals surface area contributed by atoms with E-state index in [1.54, 1.807) is 38.2 Å². The van der Waals surface area contributed by atoms with Crippen LogP contribution in [0.3, 0.4) is 0 Å². The van der Waals surface area contributed by atoms with Gasteiger partial charge in [0.05, 0.1) is 38.0 Å². The van der Waals surface area contributed by atoms with Crippen molar-refractivity contribution in [3.05, 3.63) is 130 Å². The van der Waals surface area contributed by atoms with Crippen LogP contribution in [0, 0.1) is 6.92 Å². The fourth-order valence-corrected chi connectivity index (χ4v) is 5.53. The third kappa shape index (κ3) is 6.68. The van der Waals surface area contributed by atoms with E-state index in [0.717, 1.165) is 10.6 Å². The van der Waals surface area contributed by atoms with Gasteiger partial charge in [0.2, 0.25) is 0 Å². The van der Waals surface area contributed by atoms with E-state index in [2.05, 4.69) is 10.2 Å². The van der Waals surface area contributed by atoms with E-state index in [1.807, 2.05) is 30.3 Å². The summed E-state index contributed by atoms with van der Waals surface area (Å²) < 4.78 is 65.2. The van der Waals surface area contributed by atoms with Gasteiger partial charge >= 0.3 is 0 Å². The monoisotopic (exact) mass is 646 g/mol. The third-order valence-corrected chi connectivity index (χ3v) is 8.65. The molecule has 0 spiro atoms. The molecule has 14 heteroatoms. The van der Waals surface area contributed by atoms with Crippen molar-refractivity contribution in [3.63, 3.8) is 0 Å². The Kier molecular flexibility index (Phi) is 8.40. The number of aromatic amines is 1. The second kappa shape index (κ2) is 12.1. The Morgan fingerprint density at radius 1 is 0.800 bits per heavy atom. The first kappa shape index (κ1) is 31.3. The van der Waals surface area contributed by atoms with E-state index in [-0.39, 0.29) is 9.79 Å². The van der Waals surface area contributed by atoms with Crippen molar-refractivity contribution in [2.45, 2.75) is 23.6 Å². The van der Waals surface area contributed by atoms with Gasteiger partial charge in [0, 0.05) is 5.69 Å². The Morgan fingerprint density at radius 3 is 1.91 bits per heavy atom. The molecule has 4 aromatic rings. The molecule has 3 N–H and O–H groups in total. The maximum Gasteiger partial charge on any atom is 0.294 e. The Morgan fingerprint density at radius 2 is 1.36 bits per heavy atom. The maximum atomic E-state index is 13.3. The van der Waals surface area contributed by atoms with Crippen LogP contribution in [-0.2, 0) is 25.0 Å². The molecular formula is C31H26N4O8S2. The number of hydrazone groups is 1. The van der Waals surface area contributed by atoms with Crippen molar-refractivity contribution in [2.24, 2.45) is 5.10 Å². The molecule has 0 aliphatic carbocycles. The van der Waals surface area contributed by atoms with Crippen LogP contribution in [0.2, 0.25) is 0 Å². The molecule has 0 bridgehead atoms. The molecule has 1 aliphatic rings. The number of nitrogens with one attached hydrogen (secondary N) is 1. The molecule has 0 saturated heterocycles. The second-order valence-electron chi connectivity index (χ2n) is 9.93. The zero-order chi connectivity index (χ0) is 32.5. The topological polar surface area (TPSA) is 179 Å². The lowest BCUT2D eigenvalue weighted by Crippen LogP contribution is -2.21. The molecule has 1 amide bonds. The van der Waals surface area contributed by atoms with Gasteiger partial charge in [-0.05, 0) is 85.7 Å². The minimum atomic E-state index is -4.39. The molecule has 3 aromatic carbocycles. The summed E-state index contributed by atoms with van der Waals surface area (Å²) in [6.45, 7) is 3.38. The first-order valence-electron chi connectivity index (χ1n) is 13.3. The average Bonchev–Trinajstić information content (AvgIpc) is 3.45. The number of rotatable bonds is 8. The van der Waals surface area contributed by atoms with E-state index in [9.17, 15) is 35.5 Å². The number of H-pyrrole nitrogens is 1. The lowest BCUT2D eigenvalue weighted by molar-refractivity contribution is -0.114. The van der Waals surface area contributed by atoms with Gasteiger partial charge in [0.25, 0.3) is 31.7 Å². The first-order chi connectivity index (χ1) is 21.2. The van der Waals surface area contributed by atoms with Crippen LogP contribution in [-0.4, -0.2) is 47.3 Å². The molecule has 0 fully saturated rings. The van der Waals surface area contributed by atoms with Gasteiger partial charge in [0.1, 0.15) is 0 Å². The molecule has 1 aromatic heterocycles. The van der Waals surface area contributed by atoms with Crippen molar-refractivity contribution in [2.75, 3.05) is 5.01 Å². The number of hydrogen-bond donors (Lipinski definition) is 3. The summed E-state index contributed by atoms with van der Waals surface area (Å²) in [4.78, 5) is 25.9. The van der Waals surface area contributed by atoms with Gasteiger partial charge in [-0.1, -0.05) is 42.5 Å². The fraction of sp³-hybridized carbons (Fsp3) is 0.0645. The lowest BCUT2D eigenvalue weighted by Gasteiger charge is -2.11. The number of allylic oxidation sites excluding steroid dienone is 4. The minimum Gasteiger partial charge on any atom is -0.295 e. The summed E-state index contributed by atoms with van der Waals surface area (Å²) in [5, 5.41) is 8.41. The van der Waals surface area contributed by atoms with Crippen molar-refractivity contribution < 1.29 is 30.7 Å². The molecule has 45 heavy (non-hydrogen) atoms. The SMILES string of the molecule is CC1=NN(c2ccc(S(=O)(=O)O)cc2)C(=O)/C1=C/C=C(/C=C/c1c(C)[nH]n(-c2ccc(S(=O)(=O)O)cc2)c1=O)c1ccccc1.